The molecule has 1 aromatic carbocycles. The van der Waals surface area contributed by atoms with Crippen LogP contribution in [0.4, 0.5) is 0 Å². The fraction of sp³-hybridized carbons (Fsp3) is 0.500. The summed E-state index contributed by atoms with van der Waals surface area (Å²) >= 11 is 0. The molecule has 0 aliphatic carbocycles. The highest BCUT2D eigenvalue weighted by molar-refractivity contribution is 5.77. The van der Waals surface area contributed by atoms with E-state index in [0.717, 1.165) is 5.56 Å². The Morgan fingerprint density at radius 1 is 1.22 bits per heavy atom. The molecule has 100 valence electrons. The lowest BCUT2D eigenvalue weighted by Crippen LogP contribution is -2.30. The van der Waals surface area contributed by atoms with E-state index in [0.29, 0.717) is 19.8 Å². The van der Waals surface area contributed by atoms with Crippen LogP contribution >= 0.6 is 0 Å². The van der Waals surface area contributed by atoms with Crippen molar-refractivity contribution in [3.63, 3.8) is 0 Å². The fourth-order valence-corrected chi connectivity index (χ4v) is 1.47. The molecule has 0 radical (unpaired) electrons. The number of likely N-dealkylation sites (N-methyl/N-ethyl adjacent to an activating group) is 1. The van der Waals surface area contributed by atoms with Crippen molar-refractivity contribution in [3.05, 3.63) is 35.4 Å². The van der Waals surface area contributed by atoms with Crippen LogP contribution in [0, 0.1) is 6.92 Å². The number of methoxy groups -OCH3 is 1. The second-order valence-electron chi connectivity index (χ2n) is 4.28. The van der Waals surface area contributed by atoms with Crippen LogP contribution in [-0.4, -0.2) is 44.8 Å². The van der Waals surface area contributed by atoms with E-state index in [-0.39, 0.29) is 12.5 Å². The molecule has 1 aromatic rings. The zero-order valence-electron chi connectivity index (χ0n) is 11.3. The predicted molar refractivity (Wildman–Crippen MR) is 70.3 cm³/mol. The molecule has 0 atom stereocenters. The van der Waals surface area contributed by atoms with Gasteiger partial charge in [0.25, 0.3) is 0 Å². The Morgan fingerprint density at radius 2 is 1.89 bits per heavy atom. The van der Waals surface area contributed by atoms with Crippen LogP contribution in [0.2, 0.25) is 0 Å². The number of amides is 1. The molecule has 0 unspecified atom stereocenters. The summed E-state index contributed by atoms with van der Waals surface area (Å²) in [5.41, 5.74) is 2.34. The Bertz CT molecular complexity index is 362. The molecule has 0 saturated carbocycles. The van der Waals surface area contributed by atoms with E-state index in [4.69, 9.17) is 9.47 Å². The normalized spacial score (nSPS) is 10.4. The standard InChI is InChI=1S/C14H21NO3/c1-12-4-6-13(7-5-12)10-15(2)14(16)11-18-9-8-17-3/h4-7H,8-11H2,1-3H3. The zero-order chi connectivity index (χ0) is 13.4. The molecule has 18 heavy (non-hydrogen) atoms. The van der Waals surface area contributed by atoms with Gasteiger partial charge in [-0.1, -0.05) is 29.8 Å². The van der Waals surface area contributed by atoms with Crippen molar-refractivity contribution in [3.8, 4) is 0 Å². The van der Waals surface area contributed by atoms with Crippen molar-refractivity contribution in [1.29, 1.82) is 0 Å². The fourth-order valence-electron chi connectivity index (χ4n) is 1.47. The Hall–Kier alpha value is -1.39. The maximum Gasteiger partial charge on any atom is 0.248 e. The minimum absolute atomic E-state index is 0.0216. The third-order valence-corrected chi connectivity index (χ3v) is 2.62. The second kappa shape index (κ2) is 7.84. The number of hydrogen-bond acceptors (Lipinski definition) is 3. The summed E-state index contributed by atoms with van der Waals surface area (Å²) in [5.74, 6) is -0.0216. The zero-order valence-corrected chi connectivity index (χ0v) is 11.3. The number of carbonyl (C=O) groups excluding carboxylic acids is 1. The molecule has 0 bridgehead atoms. The molecule has 0 fully saturated rings. The highest BCUT2D eigenvalue weighted by atomic mass is 16.5. The monoisotopic (exact) mass is 251 g/mol. The van der Waals surface area contributed by atoms with Gasteiger partial charge >= 0.3 is 0 Å². The van der Waals surface area contributed by atoms with Crippen molar-refractivity contribution < 1.29 is 14.3 Å². The van der Waals surface area contributed by atoms with Crippen molar-refractivity contribution in [2.24, 2.45) is 0 Å². The third-order valence-electron chi connectivity index (χ3n) is 2.62. The van der Waals surface area contributed by atoms with E-state index in [1.54, 1.807) is 19.1 Å². The Balaban J connectivity index is 2.33. The number of rotatable bonds is 7. The summed E-state index contributed by atoms with van der Waals surface area (Å²) in [6.45, 7) is 3.70. The maximum atomic E-state index is 11.7. The van der Waals surface area contributed by atoms with Crippen molar-refractivity contribution in [1.82, 2.24) is 4.90 Å². The van der Waals surface area contributed by atoms with Crippen LogP contribution < -0.4 is 0 Å². The smallest absolute Gasteiger partial charge is 0.248 e. The number of ether oxygens (including phenoxy) is 2. The Morgan fingerprint density at radius 3 is 2.50 bits per heavy atom. The van der Waals surface area contributed by atoms with E-state index in [2.05, 4.69) is 0 Å². The van der Waals surface area contributed by atoms with Crippen LogP contribution in [0.1, 0.15) is 11.1 Å². The predicted octanol–water partition coefficient (Wildman–Crippen LogP) is 1.62. The van der Waals surface area contributed by atoms with E-state index in [1.165, 1.54) is 5.56 Å². The van der Waals surface area contributed by atoms with Gasteiger partial charge in [-0.3, -0.25) is 4.79 Å². The molecule has 1 rings (SSSR count). The van der Waals surface area contributed by atoms with Gasteiger partial charge in [0.2, 0.25) is 5.91 Å². The van der Waals surface area contributed by atoms with E-state index >= 15 is 0 Å². The van der Waals surface area contributed by atoms with Crippen molar-refractivity contribution in [2.45, 2.75) is 13.5 Å². The SMILES string of the molecule is COCCOCC(=O)N(C)Cc1ccc(C)cc1. The minimum atomic E-state index is -0.0216. The minimum Gasteiger partial charge on any atom is -0.382 e. The second-order valence-corrected chi connectivity index (χ2v) is 4.28. The first-order valence-corrected chi connectivity index (χ1v) is 5.99. The van der Waals surface area contributed by atoms with Gasteiger partial charge in [0.05, 0.1) is 13.2 Å². The average molecular weight is 251 g/mol. The molecule has 4 nitrogen and oxygen atoms in total. The summed E-state index contributed by atoms with van der Waals surface area (Å²) in [6, 6.07) is 8.15. The lowest BCUT2D eigenvalue weighted by Gasteiger charge is -2.17. The molecule has 0 spiro atoms. The van der Waals surface area contributed by atoms with Gasteiger partial charge in [-0.25, -0.2) is 0 Å². The van der Waals surface area contributed by atoms with Crippen LogP contribution in [0.15, 0.2) is 24.3 Å². The van der Waals surface area contributed by atoms with E-state index < -0.39 is 0 Å². The summed E-state index contributed by atoms with van der Waals surface area (Å²) in [6.07, 6.45) is 0. The van der Waals surface area contributed by atoms with Crippen LogP contribution in [0.3, 0.4) is 0 Å². The van der Waals surface area contributed by atoms with Crippen LogP contribution in [-0.2, 0) is 20.8 Å². The molecule has 0 heterocycles. The van der Waals surface area contributed by atoms with Gasteiger partial charge in [-0.15, -0.1) is 0 Å². The molecule has 0 saturated heterocycles. The van der Waals surface area contributed by atoms with E-state index in [1.807, 2.05) is 31.2 Å². The first-order chi connectivity index (χ1) is 8.63. The molecule has 0 aromatic heterocycles. The summed E-state index contributed by atoms with van der Waals surface area (Å²) in [5, 5.41) is 0. The molecular formula is C14H21NO3. The first kappa shape index (κ1) is 14.7. The number of nitrogens with zero attached hydrogens (tertiary/aromatic N) is 1. The van der Waals surface area contributed by atoms with Gasteiger partial charge in [0.15, 0.2) is 0 Å². The largest absolute Gasteiger partial charge is 0.382 e. The number of benzene rings is 1. The first-order valence-electron chi connectivity index (χ1n) is 5.99. The van der Waals surface area contributed by atoms with Crippen LogP contribution in [0.5, 0.6) is 0 Å². The molecule has 1 amide bonds. The Kier molecular flexibility index (Phi) is 6.39. The lowest BCUT2D eigenvalue weighted by atomic mass is 10.1. The summed E-state index contributed by atoms with van der Waals surface area (Å²) < 4.78 is 10.0. The van der Waals surface area contributed by atoms with Gasteiger partial charge in [0, 0.05) is 20.7 Å². The lowest BCUT2D eigenvalue weighted by molar-refractivity contribution is -0.135. The quantitative estimate of drug-likeness (QED) is 0.691. The van der Waals surface area contributed by atoms with Gasteiger partial charge in [-0.05, 0) is 12.5 Å². The van der Waals surface area contributed by atoms with E-state index in [9.17, 15) is 4.79 Å². The topological polar surface area (TPSA) is 38.8 Å². The molecule has 0 N–H and O–H groups in total. The van der Waals surface area contributed by atoms with Gasteiger partial charge in [0.1, 0.15) is 6.61 Å². The molecule has 0 aliphatic heterocycles. The maximum absolute atomic E-state index is 11.7. The number of aryl methyl sites for hydroxylation is 1. The van der Waals surface area contributed by atoms with Crippen molar-refractivity contribution in [2.75, 3.05) is 34.0 Å². The molecule has 0 aliphatic rings. The number of carbonyl (C=O) groups is 1. The van der Waals surface area contributed by atoms with Gasteiger partial charge in [-0.2, -0.15) is 0 Å². The Labute approximate surface area is 108 Å². The van der Waals surface area contributed by atoms with Crippen molar-refractivity contribution >= 4 is 5.91 Å². The molecular weight excluding hydrogens is 230 g/mol. The summed E-state index contributed by atoms with van der Waals surface area (Å²) in [4.78, 5) is 13.4. The molecule has 4 heteroatoms. The average Bonchev–Trinajstić information content (AvgIpc) is 2.37. The van der Waals surface area contributed by atoms with Gasteiger partial charge < -0.3 is 14.4 Å². The summed E-state index contributed by atoms with van der Waals surface area (Å²) in [7, 11) is 3.39. The third kappa shape index (κ3) is 5.29. The highest BCUT2D eigenvalue weighted by Crippen LogP contribution is 2.06. The highest BCUT2D eigenvalue weighted by Gasteiger charge is 2.09. The van der Waals surface area contributed by atoms with Crippen LogP contribution in [0.25, 0.3) is 0 Å². The number of hydrogen-bond donors (Lipinski definition) is 0.